The van der Waals surface area contributed by atoms with Crippen LogP contribution in [0.1, 0.15) is 152 Å². The Morgan fingerprint density at radius 1 is 0.465 bits per heavy atom. The summed E-state index contributed by atoms with van der Waals surface area (Å²) in [5.74, 6) is -0.564. The number of nitrogens with two attached hydrogens (primary N) is 1. The van der Waals surface area contributed by atoms with Gasteiger partial charge in [-0.15, -0.1) is 0 Å². The fourth-order valence-corrected chi connectivity index (χ4v) is 10.6. The Labute approximate surface area is 644 Å². The summed E-state index contributed by atoms with van der Waals surface area (Å²) in [5, 5.41) is 30.9. The molecule has 0 spiro atoms. The predicted octanol–water partition coefficient (Wildman–Crippen LogP) is 18.7. The van der Waals surface area contributed by atoms with Crippen LogP contribution in [0.4, 0.5) is 9.59 Å². The summed E-state index contributed by atoms with van der Waals surface area (Å²) < 4.78 is 39.0. The van der Waals surface area contributed by atoms with Gasteiger partial charge in [-0.1, -0.05) is 143 Å². The number of aromatic nitrogens is 4. The number of hydrogen-bond acceptors (Lipinski definition) is 15. The number of amides is 5. The molecule has 101 heavy (non-hydrogen) atoms. The highest BCUT2D eigenvalue weighted by Crippen LogP contribution is 2.33. The minimum absolute atomic E-state index is 0. The lowest BCUT2D eigenvalue weighted by molar-refractivity contribution is 0.0510. The molecule has 0 saturated heterocycles. The van der Waals surface area contributed by atoms with Crippen molar-refractivity contribution >= 4 is 131 Å². The predicted molar refractivity (Wildman–Crippen MR) is 421 cm³/mol. The van der Waals surface area contributed by atoms with Gasteiger partial charge in [0.15, 0.2) is 38.1 Å². The Bertz CT molecular complexity index is 3910. The number of rotatable bonds is 20. The van der Waals surface area contributed by atoms with Crippen LogP contribution in [0.15, 0.2) is 185 Å². The van der Waals surface area contributed by atoms with Gasteiger partial charge in [0.05, 0.1) is 30.0 Å². The first-order chi connectivity index (χ1) is 44.4. The Kier molecular flexibility index (Phi) is 43.0. The third-order valence-corrected chi connectivity index (χ3v) is 17.3. The Morgan fingerprint density at radius 2 is 0.762 bits per heavy atom. The number of furan rings is 4. The lowest BCUT2D eigenvalue weighted by Crippen LogP contribution is -2.46. The molecule has 6 aromatic heterocycles. The van der Waals surface area contributed by atoms with E-state index in [1.165, 1.54) is 6.07 Å². The van der Waals surface area contributed by atoms with Gasteiger partial charge in [0.25, 0.3) is 17.7 Å². The third-order valence-electron chi connectivity index (χ3n) is 12.7. The number of carboxylic acid groups (broad SMARTS) is 1. The van der Waals surface area contributed by atoms with Crippen molar-refractivity contribution in [3.8, 4) is 22.9 Å². The number of benzene rings is 3. The number of ether oxygens (including phenoxy) is 2. The molecule has 8 N–H and O–H groups in total. The second-order valence-corrected chi connectivity index (χ2v) is 27.5. The van der Waals surface area contributed by atoms with E-state index in [1.807, 2.05) is 104 Å². The SMILES string of the molecule is C.C.C.C.C.C.C.CC(C)(C)OC(=O)NCC(Cc1ccccc1)NC(=O)c1cc(Br)c(Br)o1.Cn1nccc1-c1oc(C(=O)NC(CN)Cc2ccccc2)cc1Br.Cn1nccc1-c1oc(C(=O)NC(CNC(=O)OC(C)(C)C)Cc2ccccc2)cc1Br.O=C(O)c1cc(Br)c(Br)o1. The van der Waals surface area contributed by atoms with Crippen LogP contribution >= 0.6 is 95.6 Å². The number of carbonyl (C=O) groups excluding carboxylic acids is 5. The summed E-state index contributed by atoms with van der Waals surface area (Å²) in [6, 6.07) is 38.3. The van der Waals surface area contributed by atoms with Crippen molar-refractivity contribution in [3.05, 3.63) is 207 Å². The minimum Gasteiger partial charge on any atom is -0.475 e. The molecule has 9 rings (SSSR count). The molecule has 9 aromatic rings. The summed E-state index contributed by atoms with van der Waals surface area (Å²) in [5.41, 5.74) is 9.33. The monoisotopic (exact) mass is 1780 g/mol. The van der Waals surface area contributed by atoms with Gasteiger partial charge < -0.3 is 64.6 Å². The largest absolute Gasteiger partial charge is 0.475 e. The summed E-state index contributed by atoms with van der Waals surface area (Å²) >= 11 is 19.5. The summed E-state index contributed by atoms with van der Waals surface area (Å²) in [6.45, 7) is 11.5. The molecule has 3 unspecified atom stereocenters. The third kappa shape index (κ3) is 31.7. The van der Waals surface area contributed by atoms with Crippen molar-refractivity contribution in [2.75, 3.05) is 19.6 Å². The highest BCUT2D eigenvalue weighted by molar-refractivity contribution is 9.13. The van der Waals surface area contributed by atoms with Gasteiger partial charge in [-0.05, 0) is 185 Å². The van der Waals surface area contributed by atoms with Crippen molar-refractivity contribution in [1.29, 1.82) is 0 Å². The number of alkyl carbamates (subject to hydrolysis) is 2. The van der Waals surface area contributed by atoms with Crippen molar-refractivity contribution in [1.82, 2.24) is 46.1 Å². The molecule has 0 aliphatic heterocycles. The first kappa shape index (κ1) is 95.5. The Balaban J connectivity index is 0. The van der Waals surface area contributed by atoms with E-state index in [0.29, 0.717) is 64.6 Å². The summed E-state index contributed by atoms with van der Waals surface area (Å²) in [7, 11) is 3.61. The maximum atomic E-state index is 12.9. The zero-order valence-corrected chi connectivity index (χ0v) is 61.7. The number of hydrogen-bond donors (Lipinski definition) is 7. The molecule has 0 radical (unpaired) electrons. The maximum absolute atomic E-state index is 12.9. The van der Waals surface area contributed by atoms with Gasteiger partial charge in [0.1, 0.15) is 22.6 Å². The highest BCUT2D eigenvalue weighted by atomic mass is 79.9. The molecule has 0 aliphatic carbocycles. The average molecular weight is 1790 g/mol. The van der Waals surface area contributed by atoms with Crippen LogP contribution in [0.2, 0.25) is 0 Å². The van der Waals surface area contributed by atoms with Gasteiger partial charge in [-0.2, -0.15) is 10.2 Å². The lowest BCUT2D eigenvalue weighted by Gasteiger charge is -2.22. The molecule has 556 valence electrons. The van der Waals surface area contributed by atoms with E-state index in [-0.39, 0.29) is 124 Å². The zero-order valence-electron chi connectivity index (χ0n) is 52.2. The van der Waals surface area contributed by atoms with Crippen LogP contribution in [0.3, 0.4) is 0 Å². The van der Waals surface area contributed by atoms with E-state index in [4.69, 9.17) is 38.0 Å². The standard InChI is InChI=1S/C23H27BrN4O4.C19H22Br2N2O4.C18H19BrN4O2.C5H2Br2O3.7CH4/c1-23(2,3)32-22(30)25-14-16(12-15-8-6-5-7-9-15)27-21(29)19-13-17(24)20(31-19)18-10-11-26-28(18)4;1-19(2,3)27-18(25)22-11-13(9-12-7-5-4-6-8-12)23-17(24)15-10-14(20)16(21)26-15;1-23-15(7-8-21-23)17-14(19)10-16(25-17)18(24)22-13(11-20)9-12-5-3-2-4-6-12;6-2-1-3(5(8)9)10-4(2)7;;;;;;;/h5-11,13,16H,12,14H2,1-4H3,(H,25,30)(H,27,29);4-8,10,13H,9,11H2,1-3H3,(H,22,25)(H,23,24);2-8,10,13H,9,11,20H2,1H3,(H,22,24);1H,(H,8,9);7*1H4. The number of carboxylic acids is 1. The molecule has 5 amide bonds. The molecule has 23 nitrogen and oxygen atoms in total. The number of aromatic carboxylic acids is 1. The quantitative estimate of drug-likeness (QED) is 0.0373. The molecule has 6 heterocycles. The molecule has 0 saturated carbocycles. The van der Waals surface area contributed by atoms with Gasteiger partial charge in [0, 0.05) is 76.4 Å². The highest BCUT2D eigenvalue weighted by Gasteiger charge is 2.26. The summed E-state index contributed by atoms with van der Waals surface area (Å²) in [6.07, 6.45) is 4.00. The second-order valence-electron chi connectivity index (χ2n) is 22.6. The van der Waals surface area contributed by atoms with Gasteiger partial charge in [-0.25, -0.2) is 14.4 Å². The van der Waals surface area contributed by atoms with Crippen LogP contribution in [0, 0.1) is 0 Å². The molecule has 29 heteroatoms. The van der Waals surface area contributed by atoms with Crippen LogP contribution in [-0.2, 0) is 42.8 Å². The number of halogens is 6. The van der Waals surface area contributed by atoms with Gasteiger partial charge in [-0.3, -0.25) is 23.7 Å². The van der Waals surface area contributed by atoms with Crippen LogP contribution in [-0.4, -0.2) is 110 Å². The Morgan fingerprint density at radius 3 is 1.03 bits per heavy atom. The zero-order chi connectivity index (χ0) is 68.9. The number of nitrogens with one attached hydrogen (secondary N) is 5. The van der Waals surface area contributed by atoms with Crippen molar-refractivity contribution in [3.63, 3.8) is 0 Å². The smallest absolute Gasteiger partial charge is 0.407 e. The number of carbonyl (C=O) groups is 6. The first-order valence-electron chi connectivity index (χ1n) is 28.8. The van der Waals surface area contributed by atoms with Crippen LogP contribution < -0.4 is 32.3 Å². The topological polar surface area (TPSA) is 315 Å². The number of aryl methyl sites for hydroxylation is 2. The van der Waals surface area contributed by atoms with Gasteiger partial charge in [0.2, 0.25) is 5.76 Å². The first-order valence-corrected chi connectivity index (χ1v) is 33.6. The van der Waals surface area contributed by atoms with Gasteiger partial charge >= 0.3 is 18.2 Å². The maximum Gasteiger partial charge on any atom is 0.407 e. The molecular weight excluding hydrogens is 1690 g/mol. The average Bonchev–Trinajstić information content (AvgIpc) is 1.68. The lowest BCUT2D eigenvalue weighted by atomic mass is 10.1. The van der Waals surface area contributed by atoms with E-state index in [9.17, 15) is 28.8 Å². The van der Waals surface area contributed by atoms with Crippen molar-refractivity contribution in [2.45, 2.75) is 142 Å². The molecule has 0 aliphatic rings. The molecule has 3 aromatic carbocycles. The molecule has 0 bridgehead atoms. The number of nitrogens with zero attached hydrogens (tertiary/aromatic N) is 4. The van der Waals surface area contributed by atoms with E-state index in [0.717, 1.165) is 28.1 Å². The molecule has 3 atom stereocenters. The second kappa shape index (κ2) is 45.4. The Hall–Kier alpha value is -7.54. The molecule has 0 fully saturated rings. The molecular formula is C72H98Br6N10O13. The fourth-order valence-electron chi connectivity index (χ4n) is 8.46. The van der Waals surface area contributed by atoms with Crippen LogP contribution in [0.25, 0.3) is 22.9 Å². The van der Waals surface area contributed by atoms with E-state index < -0.39 is 29.4 Å². The van der Waals surface area contributed by atoms with Crippen molar-refractivity contribution < 1.29 is 61.0 Å². The van der Waals surface area contributed by atoms with E-state index >= 15 is 0 Å². The van der Waals surface area contributed by atoms with Crippen molar-refractivity contribution in [2.24, 2.45) is 19.8 Å². The minimum atomic E-state index is -1.08. The summed E-state index contributed by atoms with van der Waals surface area (Å²) in [4.78, 5) is 72.2. The van der Waals surface area contributed by atoms with E-state index in [2.05, 4.69) is 132 Å². The van der Waals surface area contributed by atoms with E-state index in [1.54, 1.807) is 94.6 Å². The van der Waals surface area contributed by atoms with Crippen LogP contribution in [0.5, 0.6) is 0 Å². The fraction of sp³-hybridized carbons (Fsp3) is 0.361. The normalized spacial score (nSPS) is 11.2.